The largest absolute Gasteiger partial charge is 0.299 e. The number of carbonyl (C=O) groups excluding carboxylic acids is 1. The van der Waals surface area contributed by atoms with Gasteiger partial charge < -0.3 is 0 Å². The monoisotopic (exact) mass is 398 g/mol. The van der Waals surface area contributed by atoms with E-state index in [1.807, 2.05) is 34.6 Å². The Balaban J connectivity index is 1.89. The van der Waals surface area contributed by atoms with Gasteiger partial charge in [0.05, 0.1) is 17.7 Å². The van der Waals surface area contributed by atoms with E-state index in [-0.39, 0.29) is 29.4 Å². The van der Waals surface area contributed by atoms with Crippen LogP contribution in [0.5, 0.6) is 0 Å². The molecule has 0 saturated heterocycles. The molecule has 0 spiro atoms. The molecular formula is C19H34N4O3S. The molecule has 1 aliphatic carbocycles. The van der Waals surface area contributed by atoms with Crippen molar-refractivity contribution < 1.29 is 13.2 Å². The summed E-state index contributed by atoms with van der Waals surface area (Å²) in [7, 11) is -2.91. The SMILES string of the molecule is CC(C)(CC1CCC(CS(C)(=O)=O)CC1)C(=O)Cc1nnn(C(C)(C)C)n1. The number of hydrogen-bond donors (Lipinski definition) is 0. The first-order valence-corrected chi connectivity index (χ1v) is 11.8. The molecule has 154 valence electrons. The number of nitrogens with zero attached hydrogens (tertiary/aromatic N) is 4. The van der Waals surface area contributed by atoms with Crippen LogP contribution in [0.2, 0.25) is 0 Å². The molecule has 27 heavy (non-hydrogen) atoms. The average Bonchev–Trinajstić information content (AvgIpc) is 2.96. The van der Waals surface area contributed by atoms with Gasteiger partial charge in [0.15, 0.2) is 5.82 Å². The second-order valence-electron chi connectivity index (χ2n) is 9.83. The van der Waals surface area contributed by atoms with Crippen LogP contribution in [0, 0.1) is 17.3 Å². The highest BCUT2D eigenvalue weighted by molar-refractivity contribution is 7.90. The third-order valence-corrected chi connectivity index (χ3v) is 6.51. The maximum atomic E-state index is 12.8. The first kappa shape index (κ1) is 22.0. The van der Waals surface area contributed by atoms with Gasteiger partial charge in [0, 0.05) is 11.7 Å². The molecule has 2 rings (SSSR count). The van der Waals surface area contributed by atoms with E-state index in [2.05, 4.69) is 15.4 Å². The Morgan fingerprint density at radius 1 is 1.07 bits per heavy atom. The molecule has 0 bridgehead atoms. The smallest absolute Gasteiger partial charge is 0.182 e. The van der Waals surface area contributed by atoms with Crippen molar-refractivity contribution >= 4 is 15.6 Å². The zero-order valence-electron chi connectivity index (χ0n) is 17.5. The summed E-state index contributed by atoms with van der Waals surface area (Å²) in [6, 6.07) is 0. The summed E-state index contributed by atoms with van der Waals surface area (Å²) in [5, 5.41) is 12.4. The van der Waals surface area contributed by atoms with Crippen molar-refractivity contribution in [3.63, 3.8) is 0 Å². The topological polar surface area (TPSA) is 94.8 Å². The van der Waals surface area contributed by atoms with E-state index in [0.29, 0.717) is 11.7 Å². The van der Waals surface area contributed by atoms with Gasteiger partial charge in [-0.15, -0.1) is 10.2 Å². The number of Topliss-reactive ketones (excluding diaryl/α,β-unsaturated/α-hetero) is 1. The van der Waals surface area contributed by atoms with Crippen LogP contribution < -0.4 is 0 Å². The van der Waals surface area contributed by atoms with Crippen LogP contribution >= 0.6 is 0 Å². The Hall–Kier alpha value is -1.31. The summed E-state index contributed by atoms with van der Waals surface area (Å²) in [6.07, 6.45) is 6.19. The Bertz CT molecular complexity index is 754. The number of sulfone groups is 1. The Morgan fingerprint density at radius 2 is 1.63 bits per heavy atom. The highest BCUT2D eigenvalue weighted by Gasteiger charge is 2.34. The van der Waals surface area contributed by atoms with Gasteiger partial charge in [-0.3, -0.25) is 4.79 Å². The molecule has 1 aromatic heterocycles. The molecule has 1 saturated carbocycles. The van der Waals surface area contributed by atoms with Crippen molar-refractivity contribution in [3.05, 3.63) is 5.82 Å². The standard InChI is InChI=1S/C19H34N4O3S/c1-18(2,3)23-21-17(20-22-23)11-16(24)19(4,5)12-14-7-9-15(10-8-14)13-27(6,25)26/h14-15H,7-13H2,1-6H3. The van der Waals surface area contributed by atoms with Crippen LogP contribution in [-0.4, -0.2) is 46.4 Å². The minimum Gasteiger partial charge on any atom is -0.299 e. The molecule has 0 radical (unpaired) electrons. The van der Waals surface area contributed by atoms with E-state index < -0.39 is 15.3 Å². The number of rotatable bonds is 7. The summed E-state index contributed by atoms with van der Waals surface area (Å²) in [5.74, 6) is 1.63. The molecule has 0 aromatic carbocycles. The van der Waals surface area contributed by atoms with E-state index in [0.717, 1.165) is 32.1 Å². The Kier molecular flexibility index (Phi) is 6.49. The maximum absolute atomic E-state index is 12.8. The molecule has 1 aromatic rings. The first-order chi connectivity index (χ1) is 12.3. The molecule has 7 nitrogen and oxygen atoms in total. The van der Waals surface area contributed by atoms with Gasteiger partial charge in [-0.05, 0) is 57.1 Å². The van der Waals surface area contributed by atoms with Gasteiger partial charge in [0.25, 0.3) is 0 Å². The minimum atomic E-state index is -2.91. The fraction of sp³-hybridized carbons (Fsp3) is 0.895. The molecule has 1 heterocycles. The average molecular weight is 399 g/mol. The Labute approximate surface area is 163 Å². The van der Waals surface area contributed by atoms with E-state index in [4.69, 9.17) is 0 Å². The third kappa shape index (κ3) is 6.66. The van der Waals surface area contributed by atoms with Crippen LogP contribution in [0.3, 0.4) is 0 Å². The van der Waals surface area contributed by atoms with E-state index in [1.165, 1.54) is 6.26 Å². The summed E-state index contributed by atoms with van der Waals surface area (Å²) in [4.78, 5) is 14.4. The van der Waals surface area contributed by atoms with Crippen molar-refractivity contribution in [3.8, 4) is 0 Å². The summed E-state index contributed by atoms with van der Waals surface area (Å²) < 4.78 is 22.9. The second kappa shape index (κ2) is 7.97. The molecule has 8 heteroatoms. The second-order valence-corrected chi connectivity index (χ2v) is 12.0. The van der Waals surface area contributed by atoms with Gasteiger partial charge in [-0.2, -0.15) is 4.80 Å². The van der Waals surface area contributed by atoms with Crippen molar-refractivity contribution in [2.75, 3.05) is 12.0 Å². The van der Waals surface area contributed by atoms with Gasteiger partial charge in [-0.25, -0.2) is 8.42 Å². The molecule has 0 aliphatic heterocycles. The minimum absolute atomic E-state index is 0.134. The number of carbonyl (C=O) groups is 1. The number of ketones is 1. The predicted octanol–water partition coefficient (Wildman–Crippen LogP) is 2.81. The normalized spacial score (nSPS) is 22.0. The van der Waals surface area contributed by atoms with Crippen LogP contribution in [-0.2, 0) is 26.6 Å². The predicted molar refractivity (Wildman–Crippen MR) is 105 cm³/mol. The van der Waals surface area contributed by atoms with Crippen molar-refractivity contribution in [2.45, 2.75) is 78.7 Å². The first-order valence-electron chi connectivity index (χ1n) is 9.77. The van der Waals surface area contributed by atoms with E-state index in [1.54, 1.807) is 4.80 Å². The lowest BCUT2D eigenvalue weighted by Gasteiger charge is -2.33. The molecule has 0 amide bonds. The van der Waals surface area contributed by atoms with Gasteiger partial charge >= 0.3 is 0 Å². The molecular weight excluding hydrogens is 364 g/mol. The van der Waals surface area contributed by atoms with Gasteiger partial charge in [0.1, 0.15) is 15.6 Å². The highest BCUT2D eigenvalue weighted by atomic mass is 32.2. The van der Waals surface area contributed by atoms with E-state index >= 15 is 0 Å². The zero-order chi connectivity index (χ0) is 20.5. The van der Waals surface area contributed by atoms with Crippen molar-refractivity contribution in [1.29, 1.82) is 0 Å². The van der Waals surface area contributed by atoms with Crippen LogP contribution in [0.15, 0.2) is 0 Å². The highest BCUT2D eigenvalue weighted by Crippen LogP contribution is 2.38. The van der Waals surface area contributed by atoms with E-state index in [9.17, 15) is 13.2 Å². The third-order valence-electron chi connectivity index (χ3n) is 5.43. The fourth-order valence-electron chi connectivity index (χ4n) is 3.85. The molecule has 1 fully saturated rings. The van der Waals surface area contributed by atoms with Crippen molar-refractivity contribution in [1.82, 2.24) is 20.2 Å². The Morgan fingerprint density at radius 3 is 2.11 bits per heavy atom. The number of tetrazole rings is 1. The van der Waals surface area contributed by atoms with Gasteiger partial charge in [-0.1, -0.05) is 26.7 Å². The summed E-state index contributed by atoms with van der Waals surface area (Å²) in [5.41, 5.74) is -0.698. The summed E-state index contributed by atoms with van der Waals surface area (Å²) >= 11 is 0. The van der Waals surface area contributed by atoms with Crippen LogP contribution in [0.25, 0.3) is 0 Å². The molecule has 0 atom stereocenters. The number of hydrogen-bond acceptors (Lipinski definition) is 6. The number of aromatic nitrogens is 4. The summed E-state index contributed by atoms with van der Waals surface area (Å²) in [6.45, 7) is 9.96. The lowest BCUT2D eigenvalue weighted by molar-refractivity contribution is -0.127. The zero-order valence-corrected chi connectivity index (χ0v) is 18.3. The maximum Gasteiger partial charge on any atom is 0.182 e. The quantitative estimate of drug-likeness (QED) is 0.701. The lowest BCUT2D eigenvalue weighted by Crippen LogP contribution is -2.31. The fourth-order valence-corrected chi connectivity index (χ4v) is 5.04. The lowest BCUT2D eigenvalue weighted by atomic mass is 9.72. The molecule has 0 N–H and O–H groups in total. The van der Waals surface area contributed by atoms with Crippen LogP contribution in [0.1, 0.15) is 72.5 Å². The van der Waals surface area contributed by atoms with Crippen molar-refractivity contribution in [2.24, 2.45) is 17.3 Å². The molecule has 1 aliphatic rings. The molecule has 0 unspecified atom stereocenters. The van der Waals surface area contributed by atoms with Crippen LogP contribution in [0.4, 0.5) is 0 Å². The van der Waals surface area contributed by atoms with Gasteiger partial charge in [0.2, 0.25) is 0 Å².